The third-order valence-electron chi connectivity index (χ3n) is 11.2. The molecule has 310 valence electrons. The fourth-order valence-electron chi connectivity index (χ4n) is 8.55. The highest BCUT2D eigenvalue weighted by Gasteiger charge is 2.67. The van der Waals surface area contributed by atoms with E-state index in [1.165, 1.54) is 9.25 Å². The molecule has 0 saturated heterocycles. The van der Waals surface area contributed by atoms with Crippen molar-refractivity contribution in [2.24, 2.45) is 13.0 Å². The zero-order valence-corrected chi connectivity index (χ0v) is 32.5. The van der Waals surface area contributed by atoms with Crippen LogP contribution in [-0.2, 0) is 37.3 Å². The summed E-state index contributed by atoms with van der Waals surface area (Å²) >= 11 is 6.63. The number of halogens is 8. The average Bonchev–Trinajstić information content (AvgIpc) is 3.41. The number of amides is 1. The summed E-state index contributed by atoms with van der Waals surface area (Å²) in [6, 6.07) is 10.9. The maximum absolute atomic E-state index is 15.5. The molecule has 0 spiro atoms. The Balaban J connectivity index is 1.22. The van der Waals surface area contributed by atoms with Crippen LogP contribution < -0.4 is 10.9 Å². The minimum absolute atomic E-state index is 0.0198. The molecule has 4 heterocycles. The van der Waals surface area contributed by atoms with Gasteiger partial charge in [0, 0.05) is 54.7 Å². The molecule has 19 heteroatoms. The van der Waals surface area contributed by atoms with E-state index >= 15 is 8.78 Å². The zero-order valence-electron chi connectivity index (χ0n) is 31.7. The van der Waals surface area contributed by atoms with Crippen LogP contribution in [0.15, 0.2) is 65.6 Å². The van der Waals surface area contributed by atoms with Crippen LogP contribution >= 0.6 is 11.6 Å². The number of carbonyl (C=O) groups is 1. The number of hydrogen-bond donors (Lipinski definition) is 1. The number of aryl methyl sites for hydroxylation is 3. The number of alkyl halides is 5. The van der Waals surface area contributed by atoms with Gasteiger partial charge in [-0.2, -0.15) is 24.1 Å². The Hall–Kier alpha value is -6.04. The summed E-state index contributed by atoms with van der Waals surface area (Å²) in [5.74, 6) is -8.51. The van der Waals surface area contributed by atoms with Gasteiger partial charge in [-0.05, 0) is 73.7 Å². The van der Waals surface area contributed by atoms with Crippen LogP contribution in [0.3, 0.4) is 0 Å². The molecule has 0 bridgehead atoms. The van der Waals surface area contributed by atoms with E-state index in [1.54, 1.807) is 61.2 Å². The summed E-state index contributed by atoms with van der Waals surface area (Å²) in [6.07, 6.45) is -1.62. The van der Waals surface area contributed by atoms with Crippen LogP contribution in [-0.4, -0.2) is 51.5 Å². The number of benzene rings is 3. The summed E-state index contributed by atoms with van der Waals surface area (Å²) in [7, 11) is 1.64. The minimum Gasteiger partial charge on any atom is -0.344 e. The molecule has 2 aliphatic rings. The standard InChI is InChI=1S/C41H33ClF7N9O2/c1-19-33-27(42)6-7-31(36(33)55(2)52-19)58-39(51-29-15-21(4-5-24(29)40(58)60)28-8-11-56(53-28)10-3-9-43)30(14-20-12-22(44)16-23(45)13-20)50-32(59)18-57-37-34(35(54-57)38(46)47)25-17-26(25)41(37,48)49/h4-8,11-13,15-16,25-26,30,38H,3,9-10,14,17-18H2,1-2H3,(H,50,59)/t25-,26+,30-/m0/s1. The van der Waals surface area contributed by atoms with Crippen molar-refractivity contribution in [3.8, 4) is 16.9 Å². The summed E-state index contributed by atoms with van der Waals surface area (Å²) in [6.45, 7) is 0.584. The second kappa shape index (κ2) is 14.6. The van der Waals surface area contributed by atoms with Gasteiger partial charge in [-0.25, -0.2) is 22.5 Å². The second-order valence-electron chi connectivity index (χ2n) is 15.1. The molecule has 7 aromatic rings. The van der Waals surface area contributed by atoms with Crippen LogP contribution in [0.25, 0.3) is 38.8 Å². The third kappa shape index (κ3) is 6.60. The SMILES string of the molecule is Cc1nn(C)c2c(-n3c([C@H](Cc4cc(F)cc(F)c4)NC(=O)Cn4nc(C(F)F)c5c4C(F)(F)[C@@H]4C[C@H]54)nc4cc(-c5ccn(CCCF)n5)ccc4c3=O)ccc(Cl)c12. The quantitative estimate of drug-likeness (QED) is 0.124. The molecule has 3 aromatic carbocycles. The lowest BCUT2D eigenvalue weighted by molar-refractivity contribution is -0.123. The smallest absolute Gasteiger partial charge is 0.293 e. The number of rotatable bonds is 12. The van der Waals surface area contributed by atoms with Gasteiger partial charge in [-0.15, -0.1) is 0 Å². The van der Waals surface area contributed by atoms with E-state index < -0.39 is 84.4 Å². The maximum atomic E-state index is 15.5. The van der Waals surface area contributed by atoms with Gasteiger partial charge in [-0.3, -0.25) is 32.6 Å². The minimum atomic E-state index is -3.51. The molecule has 1 N–H and O–H groups in total. The molecule has 60 heavy (non-hydrogen) atoms. The van der Waals surface area contributed by atoms with E-state index in [2.05, 4.69) is 20.6 Å². The Labute approximate surface area is 340 Å². The van der Waals surface area contributed by atoms with Crippen molar-refractivity contribution in [3.05, 3.63) is 122 Å². The molecule has 1 saturated carbocycles. The van der Waals surface area contributed by atoms with Gasteiger partial charge in [0.05, 0.1) is 51.2 Å². The van der Waals surface area contributed by atoms with E-state index in [0.29, 0.717) is 50.2 Å². The molecule has 11 nitrogen and oxygen atoms in total. The molecule has 3 atom stereocenters. The Morgan fingerprint density at radius 1 is 1.03 bits per heavy atom. The van der Waals surface area contributed by atoms with Crippen LogP contribution in [0.1, 0.15) is 65.3 Å². The van der Waals surface area contributed by atoms with Crippen molar-refractivity contribution >= 4 is 39.3 Å². The lowest BCUT2D eigenvalue weighted by Gasteiger charge is -2.24. The first-order chi connectivity index (χ1) is 28.6. The van der Waals surface area contributed by atoms with E-state index in [1.807, 2.05) is 0 Å². The highest BCUT2D eigenvalue weighted by atomic mass is 35.5. The molecule has 2 aliphatic carbocycles. The number of fused-ring (bicyclic) bond motifs is 5. The lowest BCUT2D eigenvalue weighted by atomic mass is 10.0. The molecule has 1 amide bonds. The molecule has 0 aliphatic heterocycles. The Morgan fingerprint density at radius 3 is 2.53 bits per heavy atom. The topological polar surface area (TPSA) is 117 Å². The maximum Gasteiger partial charge on any atom is 0.293 e. The fourth-order valence-corrected chi connectivity index (χ4v) is 8.84. The summed E-state index contributed by atoms with van der Waals surface area (Å²) in [5.41, 5.74) is -0.152. The number of carbonyl (C=O) groups excluding carboxylic acids is 1. The number of nitrogens with zero attached hydrogens (tertiary/aromatic N) is 8. The molecule has 9 rings (SSSR count). The van der Waals surface area contributed by atoms with Crippen LogP contribution in [0.5, 0.6) is 0 Å². The first kappa shape index (κ1) is 39.4. The largest absolute Gasteiger partial charge is 0.344 e. The molecular formula is C41H33ClF7N9O2. The van der Waals surface area contributed by atoms with Crippen molar-refractivity contribution in [1.29, 1.82) is 0 Å². The van der Waals surface area contributed by atoms with E-state index in [9.17, 15) is 31.5 Å². The first-order valence-corrected chi connectivity index (χ1v) is 19.3. The van der Waals surface area contributed by atoms with E-state index in [4.69, 9.17) is 16.6 Å². The Kier molecular flexibility index (Phi) is 9.59. The van der Waals surface area contributed by atoms with E-state index in [-0.39, 0.29) is 46.4 Å². The first-order valence-electron chi connectivity index (χ1n) is 18.9. The van der Waals surface area contributed by atoms with Gasteiger partial charge in [-0.1, -0.05) is 17.7 Å². The Morgan fingerprint density at radius 2 is 1.80 bits per heavy atom. The predicted molar refractivity (Wildman–Crippen MR) is 206 cm³/mol. The van der Waals surface area contributed by atoms with Crippen molar-refractivity contribution in [2.45, 2.75) is 63.6 Å². The third-order valence-corrected chi connectivity index (χ3v) is 11.5. The van der Waals surface area contributed by atoms with Crippen molar-refractivity contribution in [1.82, 2.24) is 44.2 Å². The normalized spacial score (nSPS) is 17.1. The fraction of sp³-hybridized carbons (Fsp3) is 0.317. The number of nitrogens with one attached hydrogen (secondary N) is 1. The summed E-state index contributed by atoms with van der Waals surface area (Å²) in [5, 5.41) is 16.4. The Bertz CT molecular complexity index is 2920. The highest BCUT2D eigenvalue weighted by Crippen LogP contribution is 2.68. The van der Waals surface area contributed by atoms with Crippen molar-refractivity contribution in [2.75, 3.05) is 6.67 Å². The van der Waals surface area contributed by atoms with Gasteiger partial charge in [0.2, 0.25) is 5.91 Å². The molecule has 0 radical (unpaired) electrons. The van der Waals surface area contributed by atoms with Crippen molar-refractivity contribution in [3.63, 3.8) is 0 Å². The number of hydrogen-bond acceptors (Lipinski definition) is 6. The van der Waals surface area contributed by atoms with Gasteiger partial charge in [0.15, 0.2) is 0 Å². The van der Waals surface area contributed by atoms with Crippen molar-refractivity contribution < 1.29 is 35.5 Å². The summed E-state index contributed by atoms with van der Waals surface area (Å²) < 4.78 is 106. The molecule has 0 unspecified atom stereocenters. The van der Waals surface area contributed by atoms with Gasteiger partial charge >= 0.3 is 0 Å². The van der Waals surface area contributed by atoms with Gasteiger partial charge in [0.1, 0.15) is 35.4 Å². The highest BCUT2D eigenvalue weighted by molar-refractivity contribution is 6.36. The average molecular weight is 852 g/mol. The lowest BCUT2D eigenvalue weighted by Crippen LogP contribution is -2.38. The van der Waals surface area contributed by atoms with Crippen LogP contribution in [0.2, 0.25) is 5.02 Å². The predicted octanol–water partition coefficient (Wildman–Crippen LogP) is 8.18. The molecule has 4 aromatic heterocycles. The summed E-state index contributed by atoms with van der Waals surface area (Å²) in [4.78, 5) is 33.9. The second-order valence-corrected chi connectivity index (χ2v) is 15.5. The van der Waals surface area contributed by atoms with E-state index in [0.717, 1.165) is 12.1 Å². The van der Waals surface area contributed by atoms with Crippen LogP contribution in [0, 0.1) is 24.5 Å². The van der Waals surface area contributed by atoms with Gasteiger partial charge < -0.3 is 5.32 Å². The van der Waals surface area contributed by atoms with Gasteiger partial charge in [0.25, 0.3) is 17.9 Å². The molecular weight excluding hydrogens is 819 g/mol. The number of aromatic nitrogens is 8. The van der Waals surface area contributed by atoms with Crippen LogP contribution in [0.4, 0.5) is 30.7 Å². The zero-order chi connectivity index (χ0) is 42.4. The molecule has 1 fully saturated rings. The monoisotopic (exact) mass is 851 g/mol.